The van der Waals surface area contributed by atoms with E-state index in [0.717, 1.165) is 17.1 Å². The van der Waals surface area contributed by atoms with Gasteiger partial charge in [-0.1, -0.05) is 31.5 Å². The lowest BCUT2D eigenvalue weighted by atomic mass is 10.1. The monoisotopic (exact) mass is 462 g/mol. The van der Waals surface area contributed by atoms with Crippen molar-refractivity contribution in [1.29, 1.82) is 0 Å². The summed E-state index contributed by atoms with van der Waals surface area (Å²) in [6.07, 6.45) is 0. The van der Waals surface area contributed by atoms with Crippen molar-refractivity contribution >= 4 is 40.6 Å². The highest BCUT2D eigenvalue weighted by molar-refractivity contribution is 6.31. The lowest BCUT2D eigenvalue weighted by molar-refractivity contribution is 0.248. The molecule has 0 saturated carbocycles. The fourth-order valence-corrected chi connectivity index (χ4v) is 3.74. The van der Waals surface area contributed by atoms with Gasteiger partial charge in [0.2, 0.25) is 5.95 Å². The van der Waals surface area contributed by atoms with Gasteiger partial charge in [-0.3, -0.25) is 10.0 Å². The molecule has 1 aliphatic rings. The van der Waals surface area contributed by atoms with Crippen LogP contribution in [0.3, 0.4) is 0 Å². The molecule has 1 aromatic heterocycles. The van der Waals surface area contributed by atoms with Gasteiger partial charge in [0.1, 0.15) is 5.69 Å². The second-order valence-corrected chi connectivity index (χ2v) is 9.34. The van der Waals surface area contributed by atoms with Crippen LogP contribution in [0.25, 0.3) is 0 Å². The molecule has 0 spiro atoms. The quantitative estimate of drug-likeness (QED) is 0.356. The van der Waals surface area contributed by atoms with Crippen molar-refractivity contribution < 1.29 is 5.11 Å². The number of halogens is 1. The number of fused-ring (bicyclic) bond motifs is 1. The molecule has 1 atom stereocenters. The van der Waals surface area contributed by atoms with Gasteiger partial charge in [-0.05, 0) is 45.7 Å². The molecule has 2 aromatic rings. The number of hydrogen-bond donors (Lipinski definition) is 5. The summed E-state index contributed by atoms with van der Waals surface area (Å²) in [6.45, 7) is 12.9. The van der Waals surface area contributed by atoms with Crippen LogP contribution >= 0.6 is 11.6 Å². The number of nitrogens with zero attached hydrogens (tertiary/aromatic N) is 4. The molecule has 1 aromatic carbocycles. The van der Waals surface area contributed by atoms with E-state index >= 15 is 0 Å². The van der Waals surface area contributed by atoms with Crippen LogP contribution in [0.1, 0.15) is 47.1 Å². The van der Waals surface area contributed by atoms with E-state index in [2.05, 4.69) is 43.9 Å². The molecule has 0 unspecified atom stereocenters. The Balaban J connectivity index is 2.05. The summed E-state index contributed by atoms with van der Waals surface area (Å²) in [7, 11) is 0. The van der Waals surface area contributed by atoms with Crippen LogP contribution in [0.4, 0.5) is 29.0 Å². The zero-order valence-corrected chi connectivity index (χ0v) is 20.4. The topological polar surface area (TPSA) is 115 Å². The van der Waals surface area contributed by atoms with Crippen molar-refractivity contribution in [3.05, 3.63) is 28.8 Å². The maximum atomic E-state index is 9.80. The lowest BCUT2D eigenvalue weighted by Crippen LogP contribution is -2.50. The summed E-state index contributed by atoms with van der Waals surface area (Å²) < 4.78 is 0. The van der Waals surface area contributed by atoms with Gasteiger partial charge in [-0.25, -0.2) is 0 Å². The van der Waals surface area contributed by atoms with Crippen molar-refractivity contribution in [2.75, 3.05) is 33.0 Å². The van der Waals surface area contributed by atoms with E-state index in [1.165, 1.54) is 0 Å². The van der Waals surface area contributed by atoms with Gasteiger partial charge < -0.3 is 21.5 Å². The Morgan fingerprint density at radius 2 is 1.78 bits per heavy atom. The van der Waals surface area contributed by atoms with Crippen LogP contribution in [0.15, 0.2) is 18.2 Å². The first-order chi connectivity index (χ1) is 15.1. The Morgan fingerprint density at radius 1 is 1.09 bits per heavy atom. The number of rotatable bonds is 9. The van der Waals surface area contributed by atoms with Crippen LogP contribution in [-0.2, 0) is 6.54 Å². The SMILES string of the molecule is CC(C)[C@H](CO)Nc1nc(NCc2c(N)cccc2Cl)c2c(n1)N(C(C)C)NN2C(C)C. The molecule has 0 aliphatic carbocycles. The summed E-state index contributed by atoms with van der Waals surface area (Å²) in [6, 6.07) is 5.64. The Labute approximate surface area is 195 Å². The van der Waals surface area contributed by atoms with E-state index < -0.39 is 0 Å². The van der Waals surface area contributed by atoms with Gasteiger partial charge in [0.05, 0.1) is 12.6 Å². The van der Waals surface area contributed by atoms with E-state index in [1.807, 2.05) is 42.1 Å². The molecule has 2 heterocycles. The first kappa shape index (κ1) is 24.2. The molecule has 0 fully saturated rings. The molecule has 1 aliphatic heterocycles. The van der Waals surface area contributed by atoms with Crippen molar-refractivity contribution in [1.82, 2.24) is 15.5 Å². The Bertz CT molecular complexity index is 916. The van der Waals surface area contributed by atoms with Crippen LogP contribution in [0.2, 0.25) is 5.02 Å². The minimum Gasteiger partial charge on any atom is -0.398 e. The summed E-state index contributed by atoms with van der Waals surface area (Å²) >= 11 is 6.39. The van der Waals surface area contributed by atoms with Crippen molar-refractivity contribution in [3.8, 4) is 0 Å². The Kier molecular flexibility index (Phi) is 7.53. The number of hydrogen-bond acceptors (Lipinski definition) is 9. The Morgan fingerprint density at radius 3 is 2.34 bits per heavy atom. The fraction of sp³-hybridized carbons (Fsp3) is 0.545. The second kappa shape index (κ2) is 9.97. The first-order valence-electron chi connectivity index (χ1n) is 11.0. The zero-order chi connectivity index (χ0) is 23.6. The van der Waals surface area contributed by atoms with E-state index in [4.69, 9.17) is 27.3 Å². The van der Waals surface area contributed by atoms with Crippen LogP contribution in [-0.4, -0.2) is 39.8 Å². The smallest absolute Gasteiger partial charge is 0.227 e. The lowest BCUT2D eigenvalue weighted by Gasteiger charge is -2.27. The highest BCUT2D eigenvalue weighted by Gasteiger charge is 2.35. The maximum Gasteiger partial charge on any atom is 0.227 e. The van der Waals surface area contributed by atoms with E-state index in [0.29, 0.717) is 29.0 Å². The minimum atomic E-state index is -0.164. The van der Waals surface area contributed by atoms with Crippen molar-refractivity contribution in [2.45, 2.75) is 66.2 Å². The number of aliphatic hydroxyl groups excluding tert-OH is 1. The number of aliphatic hydroxyl groups is 1. The number of anilines is 5. The number of nitrogens with two attached hydrogens (primary N) is 1. The van der Waals surface area contributed by atoms with Crippen molar-refractivity contribution in [3.63, 3.8) is 0 Å². The summed E-state index contributed by atoms with van der Waals surface area (Å²) in [5, 5.41) is 21.2. The molecule has 10 heteroatoms. The number of nitrogen functional groups attached to an aromatic ring is 1. The largest absolute Gasteiger partial charge is 0.398 e. The van der Waals surface area contributed by atoms with E-state index in [9.17, 15) is 5.11 Å². The van der Waals surface area contributed by atoms with Gasteiger partial charge in [0.25, 0.3) is 0 Å². The third-order valence-electron chi connectivity index (χ3n) is 5.49. The van der Waals surface area contributed by atoms with E-state index in [1.54, 1.807) is 0 Å². The predicted octanol–water partition coefficient (Wildman–Crippen LogP) is 3.62. The maximum absolute atomic E-state index is 9.80. The third kappa shape index (κ3) is 4.95. The number of nitrogens with one attached hydrogen (secondary N) is 3. The number of hydrazine groups is 2. The van der Waals surface area contributed by atoms with Crippen molar-refractivity contribution in [2.24, 2.45) is 5.92 Å². The molecule has 3 rings (SSSR count). The zero-order valence-electron chi connectivity index (χ0n) is 19.6. The van der Waals surface area contributed by atoms with Gasteiger partial charge in [0.15, 0.2) is 11.6 Å². The normalized spacial score (nSPS) is 14.5. The molecular formula is C22H35ClN8O. The molecular weight excluding hydrogens is 428 g/mol. The number of aromatic nitrogens is 2. The molecule has 0 saturated heterocycles. The molecule has 6 N–H and O–H groups in total. The molecule has 9 nitrogen and oxygen atoms in total. The number of benzene rings is 1. The van der Waals surface area contributed by atoms with Gasteiger partial charge in [0, 0.05) is 34.9 Å². The molecule has 0 bridgehead atoms. The predicted molar refractivity (Wildman–Crippen MR) is 133 cm³/mol. The second-order valence-electron chi connectivity index (χ2n) is 8.93. The highest BCUT2D eigenvalue weighted by Crippen LogP contribution is 2.40. The summed E-state index contributed by atoms with van der Waals surface area (Å²) in [5.41, 5.74) is 11.9. The van der Waals surface area contributed by atoms with Gasteiger partial charge in [-0.15, -0.1) is 5.53 Å². The van der Waals surface area contributed by atoms with Crippen LogP contribution in [0, 0.1) is 5.92 Å². The molecule has 0 amide bonds. The highest BCUT2D eigenvalue weighted by atomic mass is 35.5. The molecule has 176 valence electrons. The fourth-order valence-electron chi connectivity index (χ4n) is 3.49. The van der Waals surface area contributed by atoms with Crippen LogP contribution in [0.5, 0.6) is 0 Å². The average Bonchev–Trinajstić information content (AvgIpc) is 3.11. The third-order valence-corrected chi connectivity index (χ3v) is 5.84. The van der Waals surface area contributed by atoms with Gasteiger partial charge in [-0.2, -0.15) is 9.97 Å². The molecule has 0 radical (unpaired) electrons. The van der Waals surface area contributed by atoms with Gasteiger partial charge >= 0.3 is 0 Å². The average molecular weight is 463 g/mol. The summed E-state index contributed by atoms with van der Waals surface area (Å²) in [4.78, 5) is 9.59. The Hall–Kier alpha value is -2.49. The standard InChI is InChI=1S/C22H35ClN8O/c1-12(2)18(11-32)26-22-27-20(25-10-15-16(23)8-7-9-17(15)24)19-21(28-22)31(14(5)6)29-30(19)13(3)4/h7-9,12-14,18,29,32H,10-11,24H2,1-6H3,(H2,25,26,27,28)/t18-/m0/s1. The first-order valence-corrected chi connectivity index (χ1v) is 11.4. The van der Waals surface area contributed by atoms with Crippen LogP contribution < -0.4 is 31.9 Å². The summed E-state index contributed by atoms with van der Waals surface area (Å²) in [5.74, 6) is 2.08. The van der Waals surface area contributed by atoms with E-state index in [-0.39, 0.29) is 30.7 Å². The minimum absolute atomic E-state index is 0.0126. The molecule has 32 heavy (non-hydrogen) atoms.